The van der Waals surface area contributed by atoms with Crippen molar-refractivity contribution in [2.75, 3.05) is 4.90 Å². The number of halogens is 1. The minimum Gasteiger partial charge on any atom is -0.467 e. The van der Waals surface area contributed by atoms with Gasteiger partial charge in [-0.1, -0.05) is 53.8 Å². The molecule has 1 amide bonds. The average molecular weight is 428 g/mol. The summed E-state index contributed by atoms with van der Waals surface area (Å²) in [4.78, 5) is 19.6. The Morgan fingerprint density at radius 1 is 0.935 bits per heavy atom. The maximum Gasteiger partial charge on any atom is 0.260 e. The summed E-state index contributed by atoms with van der Waals surface area (Å²) >= 11 is 1.28. The van der Waals surface area contributed by atoms with E-state index in [-0.39, 0.29) is 18.3 Å². The van der Waals surface area contributed by atoms with Crippen molar-refractivity contribution in [2.24, 2.45) is 0 Å². The smallest absolute Gasteiger partial charge is 0.260 e. The SMILES string of the molecule is O=C(c1ccc(-c2ccccc2)cc1)N(Cc1ccco1)c1nc2ccc(F)cc2s1. The first-order valence-corrected chi connectivity index (χ1v) is 10.5. The van der Waals surface area contributed by atoms with Gasteiger partial charge in [-0.05, 0) is 53.6 Å². The highest BCUT2D eigenvalue weighted by molar-refractivity contribution is 7.22. The molecule has 5 rings (SSSR count). The number of aromatic nitrogens is 1. The van der Waals surface area contributed by atoms with Crippen LogP contribution in [0.1, 0.15) is 16.1 Å². The molecule has 0 aliphatic heterocycles. The third kappa shape index (κ3) is 3.98. The molecule has 0 unspecified atom stereocenters. The average Bonchev–Trinajstić information content (AvgIpc) is 3.47. The van der Waals surface area contributed by atoms with Gasteiger partial charge >= 0.3 is 0 Å². The molecule has 0 aliphatic carbocycles. The Bertz CT molecular complexity index is 1330. The van der Waals surface area contributed by atoms with E-state index in [0.29, 0.717) is 26.7 Å². The van der Waals surface area contributed by atoms with Gasteiger partial charge in [-0.3, -0.25) is 9.69 Å². The number of rotatable bonds is 5. The molecule has 6 heteroatoms. The quantitative estimate of drug-likeness (QED) is 0.319. The number of nitrogens with zero attached hydrogens (tertiary/aromatic N) is 2. The van der Waals surface area contributed by atoms with Gasteiger partial charge < -0.3 is 4.42 Å². The van der Waals surface area contributed by atoms with Crippen molar-refractivity contribution in [3.8, 4) is 11.1 Å². The lowest BCUT2D eigenvalue weighted by Gasteiger charge is -2.19. The Kier molecular flexibility index (Phi) is 5.06. The van der Waals surface area contributed by atoms with E-state index in [2.05, 4.69) is 4.98 Å². The van der Waals surface area contributed by atoms with E-state index >= 15 is 0 Å². The van der Waals surface area contributed by atoms with Gasteiger partial charge in [-0.25, -0.2) is 9.37 Å². The molecule has 2 aromatic heterocycles. The minimum absolute atomic E-state index is 0.199. The summed E-state index contributed by atoms with van der Waals surface area (Å²) in [6, 6.07) is 25.5. The molecule has 3 aromatic carbocycles. The number of anilines is 1. The first-order chi connectivity index (χ1) is 15.2. The first kappa shape index (κ1) is 19.2. The van der Waals surface area contributed by atoms with Crippen molar-refractivity contribution in [3.05, 3.63) is 108 Å². The van der Waals surface area contributed by atoms with Crippen LogP contribution >= 0.6 is 11.3 Å². The van der Waals surface area contributed by atoms with Crippen LogP contribution in [0.3, 0.4) is 0 Å². The number of fused-ring (bicyclic) bond motifs is 1. The zero-order valence-electron chi connectivity index (χ0n) is 16.4. The molecule has 152 valence electrons. The molecule has 4 nitrogen and oxygen atoms in total. The number of benzene rings is 3. The second-order valence-electron chi connectivity index (χ2n) is 7.02. The summed E-state index contributed by atoms with van der Waals surface area (Å²) in [6.07, 6.45) is 1.57. The monoisotopic (exact) mass is 428 g/mol. The van der Waals surface area contributed by atoms with Crippen LogP contribution in [0, 0.1) is 5.82 Å². The van der Waals surface area contributed by atoms with Crippen LogP contribution < -0.4 is 4.90 Å². The molecule has 0 N–H and O–H groups in total. The van der Waals surface area contributed by atoms with Gasteiger partial charge in [0.2, 0.25) is 0 Å². The lowest BCUT2D eigenvalue weighted by Crippen LogP contribution is -2.30. The normalized spacial score (nSPS) is 11.0. The number of carbonyl (C=O) groups excluding carboxylic acids is 1. The molecule has 0 bridgehead atoms. The van der Waals surface area contributed by atoms with Crippen molar-refractivity contribution >= 4 is 32.6 Å². The van der Waals surface area contributed by atoms with Crippen LogP contribution in [0.5, 0.6) is 0 Å². The van der Waals surface area contributed by atoms with E-state index < -0.39 is 0 Å². The Balaban J connectivity index is 1.50. The van der Waals surface area contributed by atoms with Crippen molar-refractivity contribution in [3.63, 3.8) is 0 Å². The molecule has 0 saturated heterocycles. The predicted octanol–water partition coefficient (Wildman–Crippen LogP) is 6.54. The molecule has 0 spiro atoms. The summed E-state index contributed by atoms with van der Waals surface area (Å²) < 4.78 is 19.8. The summed E-state index contributed by atoms with van der Waals surface area (Å²) in [6.45, 7) is 0.231. The highest BCUT2D eigenvalue weighted by Crippen LogP contribution is 2.31. The molecular formula is C25H17FN2O2S. The Morgan fingerprint density at radius 3 is 2.45 bits per heavy atom. The van der Waals surface area contributed by atoms with E-state index in [1.807, 2.05) is 60.7 Å². The lowest BCUT2D eigenvalue weighted by atomic mass is 10.0. The van der Waals surface area contributed by atoms with Gasteiger partial charge in [-0.15, -0.1) is 0 Å². The van der Waals surface area contributed by atoms with Crippen LogP contribution in [0.2, 0.25) is 0 Å². The fourth-order valence-electron chi connectivity index (χ4n) is 3.38. The van der Waals surface area contributed by atoms with Gasteiger partial charge in [-0.2, -0.15) is 0 Å². The number of carbonyl (C=O) groups is 1. The third-order valence-corrected chi connectivity index (χ3v) is 5.99. The molecule has 2 heterocycles. The molecule has 5 aromatic rings. The summed E-state index contributed by atoms with van der Waals surface area (Å²) in [5, 5.41) is 0.495. The van der Waals surface area contributed by atoms with E-state index in [9.17, 15) is 9.18 Å². The minimum atomic E-state index is -0.330. The van der Waals surface area contributed by atoms with Crippen molar-refractivity contribution in [2.45, 2.75) is 6.54 Å². The van der Waals surface area contributed by atoms with Crippen LogP contribution in [0.4, 0.5) is 9.52 Å². The third-order valence-electron chi connectivity index (χ3n) is 4.95. The Hall–Kier alpha value is -3.77. The zero-order valence-corrected chi connectivity index (χ0v) is 17.2. The highest BCUT2D eigenvalue weighted by Gasteiger charge is 2.23. The van der Waals surface area contributed by atoms with Gasteiger partial charge in [0.25, 0.3) is 5.91 Å². The molecule has 0 atom stereocenters. The Labute approximate surface area is 182 Å². The van der Waals surface area contributed by atoms with Gasteiger partial charge in [0, 0.05) is 5.56 Å². The number of furan rings is 1. The number of hydrogen-bond donors (Lipinski definition) is 0. The molecule has 0 saturated carbocycles. The largest absolute Gasteiger partial charge is 0.467 e. The number of hydrogen-bond acceptors (Lipinski definition) is 4. The van der Waals surface area contributed by atoms with Crippen molar-refractivity contribution < 1.29 is 13.6 Å². The second-order valence-corrected chi connectivity index (χ2v) is 8.03. The predicted molar refractivity (Wildman–Crippen MR) is 121 cm³/mol. The fourth-order valence-corrected chi connectivity index (χ4v) is 4.37. The van der Waals surface area contributed by atoms with E-state index in [1.54, 1.807) is 23.3 Å². The van der Waals surface area contributed by atoms with Crippen LogP contribution in [0.15, 0.2) is 95.6 Å². The lowest BCUT2D eigenvalue weighted by molar-refractivity contribution is 0.0983. The highest BCUT2D eigenvalue weighted by atomic mass is 32.1. The topological polar surface area (TPSA) is 46.3 Å². The van der Waals surface area contributed by atoms with Gasteiger partial charge in [0.1, 0.15) is 11.6 Å². The molecule has 31 heavy (non-hydrogen) atoms. The maximum absolute atomic E-state index is 13.6. The van der Waals surface area contributed by atoms with E-state index in [4.69, 9.17) is 4.42 Å². The summed E-state index contributed by atoms with van der Waals surface area (Å²) in [5.41, 5.74) is 3.31. The molecule has 0 radical (unpaired) electrons. The van der Waals surface area contributed by atoms with Crippen molar-refractivity contribution in [1.29, 1.82) is 0 Å². The van der Waals surface area contributed by atoms with Crippen molar-refractivity contribution in [1.82, 2.24) is 4.98 Å². The number of amides is 1. The van der Waals surface area contributed by atoms with Gasteiger partial charge in [0.15, 0.2) is 5.13 Å². The molecule has 0 aliphatic rings. The maximum atomic E-state index is 13.6. The zero-order chi connectivity index (χ0) is 21.2. The number of thiazole rings is 1. The van der Waals surface area contributed by atoms with E-state index in [0.717, 1.165) is 11.1 Å². The summed E-state index contributed by atoms with van der Waals surface area (Å²) in [5.74, 6) is 0.110. The first-order valence-electron chi connectivity index (χ1n) is 9.73. The van der Waals surface area contributed by atoms with Gasteiger partial charge in [0.05, 0.1) is 23.0 Å². The van der Waals surface area contributed by atoms with Crippen LogP contribution in [-0.2, 0) is 6.54 Å². The summed E-state index contributed by atoms with van der Waals surface area (Å²) in [7, 11) is 0. The van der Waals surface area contributed by atoms with E-state index in [1.165, 1.54) is 23.5 Å². The second kappa shape index (κ2) is 8.16. The van der Waals surface area contributed by atoms with Crippen LogP contribution in [0.25, 0.3) is 21.3 Å². The molecular weight excluding hydrogens is 411 g/mol. The van der Waals surface area contributed by atoms with Crippen LogP contribution in [-0.4, -0.2) is 10.9 Å². The molecule has 0 fully saturated rings. The standard InChI is InChI=1S/C25H17FN2O2S/c26-20-12-13-22-23(15-20)31-25(27-22)28(16-21-7-4-14-30-21)24(29)19-10-8-18(9-11-19)17-5-2-1-3-6-17/h1-15H,16H2. The Morgan fingerprint density at radius 2 is 1.71 bits per heavy atom. The fraction of sp³-hybridized carbons (Fsp3) is 0.0400.